The summed E-state index contributed by atoms with van der Waals surface area (Å²) in [5, 5.41) is 2.75. The lowest BCUT2D eigenvalue weighted by molar-refractivity contribution is -0.123. The minimum atomic E-state index is -3.90. The Hall–Kier alpha value is -2.25. The zero-order valence-electron chi connectivity index (χ0n) is 13.4. The monoisotopic (exact) mass is 350 g/mol. The molecule has 2 rings (SSSR count). The molecule has 2 aromatic rings. The Bertz CT molecular complexity index is 792. The molecule has 24 heavy (non-hydrogen) atoms. The van der Waals surface area contributed by atoms with Crippen LogP contribution in [0.3, 0.4) is 0 Å². The summed E-state index contributed by atoms with van der Waals surface area (Å²) in [5.74, 6) is -0.978. The highest BCUT2D eigenvalue weighted by molar-refractivity contribution is 7.89. The van der Waals surface area contributed by atoms with Crippen LogP contribution in [-0.2, 0) is 14.8 Å². The fraction of sp³-hybridized carbons (Fsp3) is 0.235. The summed E-state index contributed by atoms with van der Waals surface area (Å²) >= 11 is 0. The summed E-state index contributed by atoms with van der Waals surface area (Å²) in [5.41, 5.74) is 0.916. The molecule has 5 nitrogen and oxygen atoms in total. The number of sulfonamides is 1. The molecule has 0 aliphatic heterocycles. The number of carbonyl (C=O) groups is 1. The molecule has 0 unspecified atom stereocenters. The second kappa shape index (κ2) is 7.55. The van der Waals surface area contributed by atoms with Gasteiger partial charge < -0.3 is 5.32 Å². The van der Waals surface area contributed by atoms with Gasteiger partial charge in [0, 0.05) is 0 Å². The van der Waals surface area contributed by atoms with Gasteiger partial charge in [-0.15, -0.1) is 0 Å². The first-order valence-electron chi connectivity index (χ1n) is 7.43. The fourth-order valence-electron chi connectivity index (χ4n) is 2.13. The SMILES string of the molecule is C[C@H](NS(=O)(=O)c1ccc(F)cc1)C(=O)N[C@H](C)c1ccccc1. The zero-order chi connectivity index (χ0) is 17.7. The molecule has 128 valence electrons. The average Bonchev–Trinajstić information content (AvgIpc) is 2.55. The third-order valence-electron chi connectivity index (χ3n) is 3.51. The Morgan fingerprint density at radius 2 is 1.58 bits per heavy atom. The molecule has 7 heteroatoms. The first kappa shape index (κ1) is 18.1. The molecule has 0 fully saturated rings. The van der Waals surface area contributed by atoms with Gasteiger partial charge in [0.05, 0.1) is 17.0 Å². The summed E-state index contributed by atoms with van der Waals surface area (Å²) in [6.45, 7) is 3.27. The Labute approximate surface area is 141 Å². The normalized spacial score (nSPS) is 14.0. The lowest BCUT2D eigenvalue weighted by Crippen LogP contribution is -2.45. The predicted molar refractivity (Wildman–Crippen MR) is 89.2 cm³/mol. The van der Waals surface area contributed by atoms with Crippen molar-refractivity contribution in [2.75, 3.05) is 0 Å². The van der Waals surface area contributed by atoms with E-state index in [9.17, 15) is 17.6 Å². The van der Waals surface area contributed by atoms with Gasteiger partial charge >= 0.3 is 0 Å². The van der Waals surface area contributed by atoms with E-state index in [1.807, 2.05) is 37.3 Å². The van der Waals surface area contributed by atoms with Crippen LogP contribution in [0.25, 0.3) is 0 Å². The molecule has 0 spiro atoms. The van der Waals surface area contributed by atoms with Crippen LogP contribution < -0.4 is 10.0 Å². The van der Waals surface area contributed by atoms with Gasteiger partial charge in [-0.1, -0.05) is 30.3 Å². The Morgan fingerprint density at radius 3 is 2.17 bits per heavy atom. The van der Waals surface area contributed by atoms with Crippen LogP contribution >= 0.6 is 0 Å². The number of hydrogen-bond donors (Lipinski definition) is 2. The molecular formula is C17H19FN2O3S. The van der Waals surface area contributed by atoms with E-state index < -0.39 is 27.8 Å². The summed E-state index contributed by atoms with van der Waals surface area (Å²) in [4.78, 5) is 12.1. The number of carbonyl (C=O) groups excluding carboxylic acids is 1. The molecule has 0 aliphatic carbocycles. The van der Waals surface area contributed by atoms with Gasteiger partial charge in [-0.3, -0.25) is 4.79 Å². The van der Waals surface area contributed by atoms with E-state index >= 15 is 0 Å². The fourth-order valence-corrected chi connectivity index (χ4v) is 3.33. The van der Waals surface area contributed by atoms with E-state index in [0.717, 1.165) is 29.8 Å². The minimum absolute atomic E-state index is 0.0975. The maximum Gasteiger partial charge on any atom is 0.241 e. The molecule has 2 atom stereocenters. The van der Waals surface area contributed by atoms with Crippen molar-refractivity contribution in [2.24, 2.45) is 0 Å². The molecule has 1 amide bonds. The summed E-state index contributed by atoms with van der Waals surface area (Å²) < 4.78 is 39.6. The second-order valence-corrected chi connectivity index (χ2v) is 7.15. The Balaban J connectivity index is 2.02. The van der Waals surface area contributed by atoms with Gasteiger partial charge in [-0.05, 0) is 43.7 Å². The highest BCUT2D eigenvalue weighted by Crippen LogP contribution is 2.13. The summed E-state index contributed by atoms with van der Waals surface area (Å²) in [7, 11) is -3.90. The van der Waals surface area contributed by atoms with Crippen molar-refractivity contribution in [2.45, 2.75) is 30.8 Å². The number of hydrogen-bond acceptors (Lipinski definition) is 3. The van der Waals surface area contributed by atoms with Crippen molar-refractivity contribution in [3.63, 3.8) is 0 Å². The molecule has 0 saturated heterocycles. The van der Waals surface area contributed by atoms with E-state index in [0.29, 0.717) is 0 Å². The maximum absolute atomic E-state index is 12.9. The molecule has 0 aromatic heterocycles. The van der Waals surface area contributed by atoms with E-state index in [-0.39, 0.29) is 10.9 Å². The van der Waals surface area contributed by atoms with Crippen molar-refractivity contribution in [3.05, 3.63) is 66.0 Å². The average molecular weight is 350 g/mol. The largest absolute Gasteiger partial charge is 0.348 e. The molecule has 0 bridgehead atoms. The van der Waals surface area contributed by atoms with Crippen LogP contribution in [0.4, 0.5) is 4.39 Å². The first-order valence-corrected chi connectivity index (χ1v) is 8.91. The minimum Gasteiger partial charge on any atom is -0.348 e. The second-order valence-electron chi connectivity index (χ2n) is 5.44. The third-order valence-corrected chi connectivity index (χ3v) is 5.06. The first-order chi connectivity index (χ1) is 11.3. The number of nitrogens with one attached hydrogen (secondary N) is 2. The summed E-state index contributed by atoms with van der Waals surface area (Å²) in [6.07, 6.45) is 0. The number of amides is 1. The Morgan fingerprint density at radius 1 is 1.00 bits per heavy atom. The predicted octanol–water partition coefficient (Wildman–Crippen LogP) is 2.37. The van der Waals surface area contributed by atoms with Crippen molar-refractivity contribution in [1.29, 1.82) is 0 Å². The van der Waals surface area contributed by atoms with Crippen LogP contribution in [0, 0.1) is 5.82 Å². The Kier molecular flexibility index (Phi) is 5.69. The molecule has 2 N–H and O–H groups in total. The molecule has 0 radical (unpaired) electrons. The zero-order valence-corrected chi connectivity index (χ0v) is 14.2. The van der Waals surface area contributed by atoms with Crippen LogP contribution in [0.5, 0.6) is 0 Å². The number of benzene rings is 2. The van der Waals surface area contributed by atoms with Crippen molar-refractivity contribution in [1.82, 2.24) is 10.0 Å². The van der Waals surface area contributed by atoms with Gasteiger partial charge in [0.25, 0.3) is 0 Å². The van der Waals surface area contributed by atoms with Crippen molar-refractivity contribution >= 4 is 15.9 Å². The van der Waals surface area contributed by atoms with Crippen LogP contribution in [0.15, 0.2) is 59.5 Å². The van der Waals surface area contributed by atoms with Crippen molar-refractivity contribution in [3.8, 4) is 0 Å². The van der Waals surface area contributed by atoms with Gasteiger partial charge in [0.2, 0.25) is 15.9 Å². The van der Waals surface area contributed by atoms with E-state index in [1.165, 1.54) is 6.92 Å². The quantitative estimate of drug-likeness (QED) is 0.840. The van der Waals surface area contributed by atoms with Gasteiger partial charge in [0.15, 0.2) is 0 Å². The maximum atomic E-state index is 12.9. The molecule has 2 aromatic carbocycles. The van der Waals surface area contributed by atoms with Crippen molar-refractivity contribution < 1.29 is 17.6 Å². The lowest BCUT2D eigenvalue weighted by atomic mass is 10.1. The topological polar surface area (TPSA) is 75.3 Å². The molecular weight excluding hydrogens is 331 g/mol. The van der Waals surface area contributed by atoms with E-state index in [2.05, 4.69) is 10.0 Å². The van der Waals surface area contributed by atoms with E-state index in [4.69, 9.17) is 0 Å². The highest BCUT2D eigenvalue weighted by Gasteiger charge is 2.23. The molecule has 0 saturated carbocycles. The standard InChI is InChI=1S/C17H19FN2O3S/c1-12(14-6-4-3-5-7-14)19-17(21)13(2)20-24(22,23)16-10-8-15(18)9-11-16/h3-13,20H,1-2H3,(H,19,21)/t12-,13+/m1/s1. The number of rotatable bonds is 6. The molecule has 0 heterocycles. The number of halogens is 1. The van der Waals surface area contributed by atoms with Gasteiger partial charge in [-0.25, -0.2) is 12.8 Å². The van der Waals surface area contributed by atoms with Crippen LogP contribution in [-0.4, -0.2) is 20.4 Å². The smallest absolute Gasteiger partial charge is 0.241 e. The van der Waals surface area contributed by atoms with Crippen LogP contribution in [0.1, 0.15) is 25.5 Å². The van der Waals surface area contributed by atoms with Crippen LogP contribution in [0.2, 0.25) is 0 Å². The summed E-state index contributed by atoms with van der Waals surface area (Å²) in [6, 6.07) is 12.5. The third kappa shape index (κ3) is 4.62. The van der Waals surface area contributed by atoms with Gasteiger partial charge in [-0.2, -0.15) is 4.72 Å². The lowest BCUT2D eigenvalue weighted by Gasteiger charge is -2.19. The van der Waals surface area contributed by atoms with Gasteiger partial charge in [0.1, 0.15) is 5.82 Å². The highest BCUT2D eigenvalue weighted by atomic mass is 32.2. The van der Waals surface area contributed by atoms with E-state index in [1.54, 1.807) is 0 Å². The molecule has 0 aliphatic rings.